The molecule has 2 amide bonds. The number of amides is 2. The molecule has 0 aromatic carbocycles. The van der Waals surface area contributed by atoms with Gasteiger partial charge in [-0.1, -0.05) is 16.5 Å². The molecule has 3 aromatic heterocycles. The Morgan fingerprint density at radius 1 is 1.41 bits per heavy atom. The quantitative estimate of drug-likeness (QED) is 0.118. The van der Waals surface area contributed by atoms with Gasteiger partial charge in [0.25, 0.3) is 17.6 Å². The van der Waals surface area contributed by atoms with Gasteiger partial charge in [0.2, 0.25) is 4.83 Å². The number of aliphatic carboxylic acids is 1. The molecule has 0 radical (unpaired) electrons. The zero-order valence-corrected chi connectivity index (χ0v) is 20.0. The van der Waals surface area contributed by atoms with Gasteiger partial charge in [0.1, 0.15) is 41.7 Å². The molecular formula is C19H18N7O5S3+. The minimum absolute atomic E-state index is 0.0657. The van der Waals surface area contributed by atoms with E-state index in [4.69, 9.17) is 5.73 Å². The normalized spacial score (nSPS) is 20.4. The molecule has 2 aliphatic heterocycles. The topological polar surface area (TPSA) is 166 Å². The molecule has 15 heteroatoms. The summed E-state index contributed by atoms with van der Waals surface area (Å²) in [6.07, 6.45) is 3.89. The van der Waals surface area contributed by atoms with Crippen molar-refractivity contribution in [2.75, 3.05) is 11.5 Å². The van der Waals surface area contributed by atoms with Gasteiger partial charge in [-0.15, -0.1) is 23.1 Å². The van der Waals surface area contributed by atoms with Crippen LogP contribution in [0, 0.1) is 6.92 Å². The van der Waals surface area contributed by atoms with E-state index in [-0.39, 0.29) is 22.2 Å². The summed E-state index contributed by atoms with van der Waals surface area (Å²) in [4.78, 5) is 43.8. The highest BCUT2D eigenvalue weighted by molar-refractivity contribution is 8.00. The average molecular weight is 521 g/mol. The number of carboxylic acid groups (broad SMARTS) is 1. The molecule has 2 atom stereocenters. The fourth-order valence-corrected chi connectivity index (χ4v) is 6.71. The van der Waals surface area contributed by atoms with Gasteiger partial charge in [0.05, 0.1) is 0 Å². The monoisotopic (exact) mass is 520 g/mol. The van der Waals surface area contributed by atoms with Crippen molar-refractivity contribution in [2.24, 2.45) is 5.16 Å². The maximum Gasteiger partial charge on any atom is 0.352 e. The van der Waals surface area contributed by atoms with Crippen molar-refractivity contribution in [3.63, 3.8) is 0 Å². The van der Waals surface area contributed by atoms with Gasteiger partial charge in [0, 0.05) is 29.0 Å². The predicted molar refractivity (Wildman–Crippen MR) is 125 cm³/mol. The third-order valence-electron chi connectivity index (χ3n) is 5.64. The van der Waals surface area contributed by atoms with E-state index in [0.29, 0.717) is 17.9 Å². The van der Waals surface area contributed by atoms with E-state index in [9.17, 15) is 24.7 Å². The molecule has 0 unspecified atom stereocenters. The predicted octanol–water partition coefficient (Wildman–Crippen LogP) is 0.253. The number of imidazole rings is 1. The number of nitrogens with two attached hydrogens (primary N) is 1. The number of aryl methyl sites for hydroxylation is 1. The van der Waals surface area contributed by atoms with Crippen molar-refractivity contribution in [2.45, 2.75) is 24.9 Å². The molecule has 1 saturated heterocycles. The minimum Gasteiger partial charge on any atom is -0.477 e. The maximum absolute atomic E-state index is 12.9. The van der Waals surface area contributed by atoms with E-state index in [2.05, 4.69) is 15.5 Å². The standard InChI is InChI=1S/C19H17N7O5S3/c1-8-24(5-11-25(8)2-3-32-11)4-9-6-33-17-13(16(28)26(17)14(9)18(29)30)22-15(27)12(23-31)10-7-34-19(20)21-10/h2-3,5,7,13,17H,4,6H2,1H3,(H4-,20,21,22,27,29,30,31)/p+1/t13-,17-/m1/s1. The van der Waals surface area contributed by atoms with E-state index in [1.54, 1.807) is 11.3 Å². The zero-order chi connectivity index (χ0) is 24.1. The van der Waals surface area contributed by atoms with Gasteiger partial charge in [-0.05, 0) is 0 Å². The lowest BCUT2D eigenvalue weighted by Crippen LogP contribution is -2.71. The summed E-state index contributed by atoms with van der Waals surface area (Å²) in [6.45, 7) is 2.27. The Bertz CT molecular complexity index is 1400. The van der Waals surface area contributed by atoms with Crippen LogP contribution in [0.2, 0.25) is 0 Å². The highest BCUT2D eigenvalue weighted by atomic mass is 32.2. The largest absolute Gasteiger partial charge is 0.477 e. The number of β-lactam (4-membered cyclic amide) rings is 1. The molecule has 0 spiro atoms. The van der Waals surface area contributed by atoms with Crippen LogP contribution in [0.3, 0.4) is 0 Å². The van der Waals surface area contributed by atoms with E-state index in [0.717, 1.165) is 22.0 Å². The van der Waals surface area contributed by atoms with Crippen molar-refractivity contribution in [3.05, 3.63) is 45.9 Å². The Kier molecular flexibility index (Phi) is 5.53. The van der Waals surface area contributed by atoms with Gasteiger partial charge in [-0.25, -0.2) is 14.3 Å². The van der Waals surface area contributed by atoms with Crippen LogP contribution in [-0.2, 0) is 20.9 Å². The van der Waals surface area contributed by atoms with Gasteiger partial charge in [-0.3, -0.25) is 14.5 Å². The van der Waals surface area contributed by atoms with Crippen LogP contribution in [0.15, 0.2) is 39.6 Å². The highest BCUT2D eigenvalue weighted by Gasteiger charge is 2.54. The molecule has 0 aliphatic carbocycles. The Balaban J connectivity index is 1.37. The number of oxime groups is 1. The lowest BCUT2D eigenvalue weighted by molar-refractivity contribution is -0.693. The summed E-state index contributed by atoms with van der Waals surface area (Å²) in [5.41, 5.74) is 5.81. The van der Waals surface area contributed by atoms with Gasteiger partial charge >= 0.3 is 5.97 Å². The molecule has 12 nitrogen and oxygen atoms in total. The molecule has 3 aromatic rings. The number of nitrogen functional groups attached to an aromatic ring is 1. The van der Waals surface area contributed by atoms with E-state index >= 15 is 0 Å². The number of hydrogen-bond donors (Lipinski definition) is 4. The van der Waals surface area contributed by atoms with Crippen LogP contribution in [0.5, 0.6) is 0 Å². The lowest BCUT2D eigenvalue weighted by atomic mass is 10.0. The minimum atomic E-state index is -1.20. The number of carboxylic acids is 1. The second-order valence-electron chi connectivity index (χ2n) is 7.55. The summed E-state index contributed by atoms with van der Waals surface area (Å²) in [5.74, 6) is -1.23. The SMILES string of the molecule is Cc1n2ccsc2c[n+]1CC1=C(C(=O)O)N2C(=O)[C@@H](NC(=O)/C(=N\O)c3csc(N)n3)[C@H]2SC1. The summed E-state index contributed by atoms with van der Waals surface area (Å²) in [5, 5.41) is 27.7. The fraction of sp³-hybridized carbons (Fsp3) is 0.263. The second-order valence-corrected chi connectivity index (χ2v) is 10.5. The zero-order valence-electron chi connectivity index (χ0n) is 17.5. The number of aromatic nitrogens is 3. The number of carbonyl (C=O) groups excluding carboxylic acids is 2. The average Bonchev–Trinajstić information content (AvgIpc) is 3.51. The van der Waals surface area contributed by atoms with Crippen LogP contribution in [0.25, 0.3) is 4.83 Å². The molecule has 5 rings (SSSR count). The maximum atomic E-state index is 12.9. The molecule has 34 heavy (non-hydrogen) atoms. The Morgan fingerprint density at radius 3 is 2.85 bits per heavy atom. The molecule has 5 N–H and O–H groups in total. The first-order chi connectivity index (χ1) is 16.3. The van der Waals surface area contributed by atoms with Crippen molar-refractivity contribution >= 4 is 67.9 Å². The number of thiazole rings is 2. The fourth-order valence-electron chi connectivity index (χ4n) is 4.01. The first-order valence-electron chi connectivity index (χ1n) is 9.89. The van der Waals surface area contributed by atoms with Crippen molar-refractivity contribution < 1.29 is 29.3 Å². The van der Waals surface area contributed by atoms with Crippen LogP contribution in [-0.4, -0.2) is 65.3 Å². The van der Waals surface area contributed by atoms with Crippen molar-refractivity contribution in [1.29, 1.82) is 0 Å². The number of fused-ring (bicyclic) bond motifs is 2. The Labute approximate surface area is 204 Å². The Hall–Kier alpha value is -3.43. The van der Waals surface area contributed by atoms with Gasteiger partial charge in [0.15, 0.2) is 10.8 Å². The molecular weight excluding hydrogens is 502 g/mol. The number of thioether (sulfide) groups is 1. The van der Waals surface area contributed by atoms with Gasteiger partial charge in [-0.2, -0.15) is 4.40 Å². The molecule has 0 bridgehead atoms. The summed E-state index contributed by atoms with van der Waals surface area (Å²) in [7, 11) is 0. The first-order valence-corrected chi connectivity index (χ1v) is 12.7. The first kappa shape index (κ1) is 22.4. The number of carbonyl (C=O) groups is 3. The smallest absolute Gasteiger partial charge is 0.352 e. The molecule has 2 aliphatic rings. The number of nitrogens with zero attached hydrogens (tertiary/aromatic N) is 5. The van der Waals surface area contributed by atoms with Crippen LogP contribution in [0.1, 0.15) is 11.5 Å². The Morgan fingerprint density at radius 2 is 2.21 bits per heavy atom. The van der Waals surface area contributed by atoms with E-state index < -0.39 is 29.2 Å². The summed E-state index contributed by atoms with van der Waals surface area (Å²) >= 11 is 4.01. The summed E-state index contributed by atoms with van der Waals surface area (Å²) < 4.78 is 3.97. The third-order valence-corrected chi connectivity index (χ3v) is 8.46. The molecule has 0 saturated carbocycles. The number of anilines is 1. The van der Waals surface area contributed by atoms with Crippen LogP contribution in [0.4, 0.5) is 5.13 Å². The van der Waals surface area contributed by atoms with E-state index in [1.807, 2.05) is 33.7 Å². The second kappa shape index (κ2) is 8.41. The molecule has 5 heterocycles. The van der Waals surface area contributed by atoms with Crippen molar-refractivity contribution in [3.8, 4) is 0 Å². The van der Waals surface area contributed by atoms with E-state index in [1.165, 1.54) is 22.0 Å². The lowest BCUT2D eigenvalue weighted by Gasteiger charge is -2.49. The van der Waals surface area contributed by atoms with Crippen LogP contribution < -0.4 is 15.6 Å². The van der Waals surface area contributed by atoms with Gasteiger partial charge < -0.3 is 21.4 Å². The number of nitrogens with one attached hydrogen (secondary N) is 1. The van der Waals surface area contributed by atoms with Crippen LogP contribution >= 0.6 is 34.4 Å². The van der Waals surface area contributed by atoms with Crippen molar-refractivity contribution in [1.82, 2.24) is 19.6 Å². The molecule has 1 fully saturated rings. The number of hydrogen-bond acceptors (Lipinski definition) is 10. The highest BCUT2D eigenvalue weighted by Crippen LogP contribution is 2.40. The summed E-state index contributed by atoms with van der Waals surface area (Å²) in [6, 6.07) is -0.963. The number of rotatable bonds is 6. The molecule has 176 valence electrons. The third kappa shape index (κ3) is 3.52.